The van der Waals surface area contributed by atoms with Gasteiger partial charge in [-0.3, -0.25) is 0 Å². The van der Waals surface area contributed by atoms with Crippen molar-refractivity contribution in [2.75, 3.05) is 7.11 Å². The van der Waals surface area contributed by atoms with E-state index in [9.17, 15) is 0 Å². The van der Waals surface area contributed by atoms with E-state index in [1.807, 2.05) is 19.1 Å². The SMILES string of the molecule is C=C/C(C#Cc1ccc(C#Cc2ccc(C)cc2)cc1C1CCC1)=C\C=C(/C)OC. The monoisotopic (exact) mass is 392 g/mol. The van der Waals surface area contributed by atoms with E-state index in [2.05, 4.69) is 79.6 Å². The predicted molar refractivity (Wildman–Crippen MR) is 126 cm³/mol. The average Bonchev–Trinajstić information content (AvgIpc) is 2.73. The molecule has 1 fully saturated rings. The van der Waals surface area contributed by atoms with E-state index in [1.165, 1.54) is 30.4 Å². The van der Waals surface area contributed by atoms with Crippen LogP contribution in [-0.4, -0.2) is 7.11 Å². The molecule has 0 bridgehead atoms. The minimum Gasteiger partial charge on any atom is -0.501 e. The smallest absolute Gasteiger partial charge is 0.0925 e. The van der Waals surface area contributed by atoms with Crippen LogP contribution in [0.25, 0.3) is 0 Å². The fourth-order valence-corrected chi connectivity index (χ4v) is 3.17. The first-order valence-corrected chi connectivity index (χ1v) is 10.4. The molecule has 1 aliphatic rings. The Balaban J connectivity index is 1.89. The third-order valence-electron chi connectivity index (χ3n) is 5.38. The van der Waals surface area contributed by atoms with Crippen LogP contribution in [0.2, 0.25) is 0 Å². The molecule has 0 amide bonds. The molecular weight excluding hydrogens is 364 g/mol. The lowest BCUT2D eigenvalue weighted by Crippen LogP contribution is -2.10. The Morgan fingerprint density at radius 1 is 1.00 bits per heavy atom. The van der Waals surface area contributed by atoms with E-state index in [-0.39, 0.29) is 0 Å². The molecule has 2 aromatic carbocycles. The van der Waals surface area contributed by atoms with Crippen LogP contribution in [0, 0.1) is 30.6 Å². The van der Waals surface area contributed by atoms with Gasteiger partial charge in [0.2, 0.25) is 0 Å². The summed E-state index contributed by atoms with van der Waals surface area (Å²) in [4.78, 5) is 0. The first-order valence-electron chi connectivity index (χ1n) is 10.4. The quantitative estimate of drug-likeness (QED) is 0.320. The highest BCUT2D eigenvalue weighted by Gasteiger charge is 2.21. The molecule has 0 radical (unpaired) electrons. The molecule has 0 unspecified atom stereocenters. The summed E-state index contributed by atoms with van der Waals surface area (Å²) in [5.74, 6) is 14.6. The van der Waals surface area contributed by atoms with E-state index in [0.717, 1.165) is 28.0 Å². The van der Waals surface area contributed by atoms with Crippen molar-refractivity contribution in [3.05, 3.63) is 106 Å². The summed E-state index contributed by atoms with van der Waals surface area (Å²) in [6.07, 6.45) is 9.35. The summed E-state index contributed by atoms with van der Waals surface area (Å²) in [5, 5.41) is 0. The highest BCUT2D eigenvalue weighted by atomic mass is 16.5. The van der Waals surface area contributed by atoms with Crippen LogP contribution in [0.15, 0.2) is 78.6 Å². The van der Waals surface area contributed by atoms with Gasteiger partial charge in [-0.1, -0.05) is 60.5 Å². The van der Waals surface area contributed by atoms with Gasteiger partial charge in [0, 0.05) is 22.3 Å². The van der Waals surface area contributed by atoms with Crippen LogP contribution >= 0.6 is 0 Å². The third-order valence-corrected chi connectivity index (χ3v) is 5.38. The number of hydrogen-bond acceptors (Lipinski definition) is 1. The van der Waals surface area contributed by atoms with E-state index >= 15 is 0 Å². The molecule has 1 heteroatoms. The molecule has 0 aliphatic heterocycles. The van der Waals surface area contributed by atoms with Crippen molar-refractivity contribution in [2.24, 2.45) is 0 Å². The van der Waals surface area contributed by atoms with Gasteiger partial charge in [-0.15, -0.1) is 0 Å². The molecule has 0 heterocycles. The lowest BCUT2D eigenvalue weighted by atomic mass is 9.78. The Labute approximate surface area is 181 Å². The number of methoxy groups -OCH3 is 1. The standard InChI is InChI=1S/C29H28O/c1-5-24(14-11-23(3)30-4)17-19-28-20-18-26(21-29(28)27-7-6-8-27)16-15-25-12-9-22(2)10-13-25/h5,9-14,18,20-21,27H,1,6-8H2,2-4H3/b23-11+,24-14+. The van der Waals surface area contributed by atoms with Crippen molar-refractivity contribution in [1.29, 1.82) is 0 Å². The van der Waals surface area contributed by atoms with Crippen molar-refractivity contribution in [2.45, 2.75) is 39.0 Å². The van der Waals surface area contributed by atoms with Crippen molar-refractivity contribution >= 4 is 0 Å². The summed E-state index contributed by atoms with van der Waals surface area (Å²) in [6.45, 7) is 7.88. The number of aryl methyl sites for hydroxylation is 1. The summed E-state index contributed by atoms with van der Waals surface area (Å²) < 4.78 is 5.18. The summed E-state index contributed by atoms with van der Waals surface area (Å²) >= 11 is 0. The first kappa shape index (κ1) is 21.3. The summed E-state index contributed by atoms with van der Waals surface area (Å²) in [5.41, 5.74) is 6.60. The molecule has 30 heavy (non-hydrogen) atoms. The molecule has 2 aromatic rings. The van der Waals surface area contributed by atoms with Crippen LogP contribution in [0.1, 0.15) is 59.9 Å². The molecule has 1 nitrogen and oxygen atoms in total. The topological polar surface area (TPSA) is 9.23 Å². The first-order chi connectivity index (χ1) is 14.6. The Bertz CT molecular complexity index is 1090. The summed E-state index contributed by atoms with van der Waals surface area (Å²) in [7, 11) is 1.66. The minimum atomic E-state index is 0.585. The predicted octanol–water partition coefficient (Wildman–Crippen LogP) is 6.68. The average molecular weight is 393 g/mol. The molecule has 0 spiro atoms. The summed E-state index contributed by atoms with van der Waals surface area (Å²) in [6, 6.07) is 14.7. The van der Waals surface area contributed by atoms with Crippen molar-refractivity contribution in [3.63, 3.8) is 0 Å². The lowest BCUT2D eigenvalue weighted by Gasteiger charge is -2.27. The minimum absolute atomic E-state index is 0.585. The number of ether oxygens (including phenoxy) is 1. The molecule has 0 atom stereocenters. The molecule has 3 rings (SSSR count). The van der Waals surface area contributed by atoms with Gasteiger partial charge in [0.15, 0.2) is 0 Å². The molecule has 0 aromatic heterocycles. The second-order valence-corrected chi connectivity index (χ2v) is 7.60. The maximum absolute atomic E-state index is 5.18. The molecular formula is C29H28O. The number of hydrogen-bond donors (Lipinski definition) is 0. The Morgan fingerprint density at radius 3 is 2.33 bits per heavy atom. The second-order valence-electron chi connectivity index (χ2n) is 7.60. The highest BCUT2D eigenvalue weighted by molar-refractivity contribution is 5.54. The molecule has 1 saturated carbocycles. The Hall–Kier alpha value is -3.42. The molecule has 150 valence electrons. The second kappa shape index (κ2) is 10.4. The van der Waals surface area contributed by atoms with Crippen molar-refractivity contribution < 1.29 is 4.74 Å². The van der Waals surface area contributed by atoms with Gasteiger partial charge < -0.3 is 4.74 Å². The largest absolute Gasteiger partial charge is 0.501 e. The fraction of sp³-hybridized carbons (Fsp3) is 0.241. The van der Waals surface area contributed by atoms with Crippen LogP contribution in [0.4, 0.5) is 0 Å². The Morgan fingerprint density at radius 2 is 1.70 bits per heavy atom. The van der Waals surface area contributed by atoms with Gasteiger partial charge in [0.25, 0.3) is 0 Å². The lowest BCUT2D eigenvalue weighted by molar-refractivity contribution is 0.294. The molecule has 1 aliphatic carbocycles. The van der Waals surface area contributed by atoms with Gasteiger partial charge in [-0.25, -0.2) is 0 Å². The highest BCUT2D eigenvalue weighted by Crippen LogP contribution is 2.38. The third kappa shape index (κ3) is 5.79. The van der Waals surface area contributed by atoms with Crippen molar-refractivity contribution in [1.82, 2.24) is 0 Å². The normalized spacial score (nSPS) is 14.0. The number of rotatable bonds is 4. The van der Waals surface area contributed by atoms with E-state index in [0.29, 0.717) is 5.92 Å². The van der Waals surface area contributed by atoms with E-state index < -0.39 is 0 Å². The molecule has 0 N–H and O–H groups in total. The van der Waals surface area contributed by atoms with Gasteiger partial charge in [-0.05, 0) is 80.7 Å². The van der Waals surface area contributed by atoms with E-state index in [4.69, 9.17) is 4.74 Å². The van der Waals surface area contributed by atoms with Crippen LogP contribution in [0.3, 0.4) is 0 Å². The van der Waals surface area contributed by atoms with Crippen molar-refractivity contribution in [3.8, 4) is 23.7 Å². The van der Waals surface area contributed by atoms with Gasteiger partial charge >= 0.3 is 0 Å². The Kier molecular flexibility index (Phi) is 7.37. The van der Waals surface area contributed by atoms with Crippen LogP contribution in [0.5, 0.6) is 0 Å². The number of benzene rings is 2. The van der Waals surface area contributed by atoms with Gasteiger partial charge in [-0.2, -0.15) is 0 Å². The zero-order valence-corrected chi connectivity index (χ0v) is 18.1. The maximum atomic E-state index is 5.18. The maximum Gasteiger partial charge on any atom is 0.0925 e. The number of allylic oxidation sites excluding steroid dienone is 5. The fourth-order valence-electron chi connectivity index (χ4n) is 3.17. The zero-order chi connectivity index (χ0) is 21.3. The zero-order valence-electron chi connectivity index (χ0n) is 18.1. The van der Waals surface area contributed by atoms with Crippen LogP contribution in [-0.2, 0) is 4.74 Å². The van der Waals surface area contributed by atoms with Gasteiger partial charge in [0.1, 0.15) is 0 Å². The van der Waals surface area contributed by atoms with Crippen LogP contribution < -0.4 is 0 Å². The molecule has 0 saturated heterocycles. The van der Waals surface area contributed by atoms with E-state index in [1.54, 1.807) is 13.2 Å². The van der Waals surface area contributed by atoms with Gasteiger partial charge in [0.05, 0.1) is 12.9 Å².